The Balaban J connectivity index is 2.32. The first kappa shape index (κ1) is 9.32. The second kappa shape index (κ2) is 2.94. The van der Waals surface area contributed by atoms with Crippen molar-refractivity contribution < 1.29 is 14.6 Å². The van der Waals surface area contributed by atoms with E-state index < -0.39 is 5.60 Å². The molecule has 0 aromatic heterocycles. The van der Waals surface area contributed by atoms with Gasteiger partial charge in [0.15, 0.2) is 0 Å². The average Bonchev–Trinajstić information content (AvgIpc) is 2.60. The molecule has 0 aromatic carbocycles. The van der Waals surface area contributed by atoms with Crippen LogP contribution in [0.4, 0.5) is 4.79 Å². The topological polar surface area (TPSA) is 49.5 Å². The summed E-state index contributed by atoms with van der Waals surface area (Å²) in [5.41, 5.74) is -0.445. The first-order valence-corrected chi connectivity index (χ1v) is 4.04. The van der Waals surface area contributed by atoms with E-state index in [9.17, 15) is 4.79 Å². The van der Waals surface area contributed by atoms with Gasteiger partial charge in [-0.05, 0) is 20.8 Å². The van der Waals surface area contributed by atoms with Crippen LogP contribution < -0.4 is 0 Å². The molecule has 0 aliphatic carbocycles. The van der Waals surface area contributed by atoms with Crippen LogP contribution in [0.5, 0.6) is 0 Å². The summed E-state index contributed by atoms with van der Waals surface area (Å²) in [6.07, 6.45) is -0.332. The van der Waals surface area contributed by atoms with Crippen LogP contribution in [-0.4, -0.2) is 40.9 Å². The summed E-state index contributed by atoms with van der Waals surface area (Å²) in [5, 5.41) is 8.67. The maximum atomic E-state index is 11.2. The molecule has 1 heterocycles. The highest BCUT2D eigenvalue weighted by Crippen LogP contribution is 2.20. The monoisotopic (exact) mass is 173 g/mol. The summed E-state index contributed by atoms with van der Waals surface area (Å²) >= 11 is 0. The number of ether oxygens (including phenoxy) is 1. The molecule has 1 rings (SSSR count). The molecule has 0 bridgehead atoms. The summed E-state index contributed by atoms with van der Waals surface area (Å²) < 4.78 is 5.07. The molecule has 0 saturated carbocycles. The Hall–Kier alpha value is -0.770. The largest absolute Gasteiger partial charge is 0.444 e. The molecular formula is C8H15NO3. The first-order valence-electron chi connectivity index (χ1n) is 4.04. The quantitative estimate of drug-likeness (QED) is 0.591. The molecule has 70 valence electrons. The van der Waals surface area contributed by atoms with Crippen LogP contribution in [-0.2, 0) is 4.74 Å². The number of carbonyl (C=O) groups excluding carboxylic acids is 1. The summed E-state index contributed by atoms with van der Waals surface area (Å²) in [5.74, 6) is 0. The van der Waals surface area contributed by atoms with Crippen molar-refractivity contribution in [1.82, 2.24) is 4.90 Å². The number of hydrogen-bond donors (Lipinski definition) is 1. The first-order chi connectivity index (χ1) is 5.44. The van der Waals surface area contributed by atoms with Gasteiger partial charge in [0, 0.05) is 6.54 Å². The van der Waals surface area contributed by atoms with Crippen molar-refractivity contribution in [3.8, 4) is 0 Å². The lowest BCUT2D eigenvalue weighted by atomic mass is 10.2. The minimum absolute atomic E-state index is 0.0140. The van der Waals surface area contributed by atoms with E-state index in [0.29, 0.717) is 6.54 Å². The van der Waals surface area contributed by atoms with E-state index in [4.69, 9.17) is 9.84 Å². The standard InChI is InChI=1S/C8H15NO3/c1-8(2,3)12-7(11)9-4-6(9)5-10/h6,10H,4-5H2,1-3H3. The van der Waals surface area contributed by atoms with Crippen LogP contribution in [0, 0.1) is 0 Å². The highest BCUT2D eigenvalue weighted by Gasteiger charge is 2.40. The Kier molecular flexibility index (Phi) is 2.28. The van der Waals surface area contributed by atoms with Crippen molar-refractivity contribution in [2.24, 2.45) is 0 Å². The molecule has 12 heavy (non-hydrogen) atoms. The molecule has 4 nitrogen and oxygen atoms in total. The third kappa shape index (κ3) is 2.37. The second-order valence-electron chi connectivity index (χ2n) is 3.97. The lowest BCUT2D eigenvalue weighted by Crippen LogP contribution is -2.28. The predicted octanol–water partition coefficient (Wildman–Crippen LogP) is 0.598. The van der Waals surface area contributed by atoms with Crippen LogP contribution in [0.1, 0.15) is 20.8 Å². The van der Waals surface area contributed by atoms with Crippen LogP contribution in [0.15, 0.2) is 0 Å². The SMILES string of the molecule is CC(C)(C)OC(=O)N1CC1CO. The maximum Gasteiger partial charge on any atom is 0.410 e. The number of nitrogens with zero attached hydrogens (tertiary/aromatic N) is 1. The zero-order valence-corrected chi connectivity index (χ0v) is 7.70. The molecule has 1 amide bonds. The summed E-state index contributed by atoms with van der Waals surface area (Å²) in [6.45, 7) is 6.11. The van der Waals surface area contributed by atoms with Crippen molar-refractivity contribution in [3.63, 3.8) is 0 Å². The lowest BCUT2D eigenvalue weighted by Gasteiger charge is -2.19. The van der Waals surface area contributed by atoms with E-state index in [1.165, 1.54) is 4.90 Å². The van der Waals surface area contributed by atoms with Crippen LogP contribution >= 0.6 is 0 Å². The van der Waals surface area contributed by atoms with Gasteiger partial charge in [-0.25, -0.2) is 4.79 Å². The molecular weight excluding hydrogens is 158 g/mol. The number of hydrogen-bond acceptors (Lipinski definition) is 3. The predicted molar refractivity (Wildman–Crippen MR) is 43.8 cm³/mol. The highest BCUT2D eigenvalue weighted by molar-refractivity contribution is 5.71. The van der Waals surface area contributed by atoms with Gasteiger partial charge in [-0.1, -0.05) is 0 Å². The Bertz CT molecular complexity index is 185. The molecule has 1 fully saturated rings. The zero-order chi connectivity index (χ0) is 9.35. The van der Waals surface area contributed by atoms with Crippen molar-refractivity contribution in [2.45, 2.75) is 32.4 Å². The van der Waals surface area contributed by atoms with E-state index in [1.807, 2.05) is 20.8 Å². The number of aliphatic hydroxyl groups excluding tert-OH is 1. The van der Waals surface area contributed by atoms with Gasteiger partial charge in [0.05, 0.1) is 12.6 Å². The Morgan fingerprint density at radius 1 is 1.67 bits per heavy atom. The van der Waals surface area contributed by atoms with Crippen molar-refractivity contribution >= 4 is 6.09 Å². The van der Waals surface area contributed by atoms with Crippen LogP contribution in [0.2, 0.25) is 0 Å². The lowest BCUT2D eigenvalue weighted by molar-refractivity contribution is 0.0395. The Morgan fingerprint density at radius 3 is 2.58 bits per heavy atom. The van der Waals surface area contributed by atoms with E-state index in [2.05, 4.69) is 0 Å². The summed E-state index contributed by atoms with van der Waals surface area (Å²) in [7, 11) is 0. The number of aliphatic hydroxyl groups is 1. The van der Waals surface area contributed by atoms with E-state index in [1.54, 1.807) is 0 Å². The smallest absolute Gasteiger partial charge is 0.410 e. The number of carbonyl (C=O) groups is 1. The van der Waals surface area contributed by atoms with Crippen LogP contribution in [0.3, 0.4) is 0 Å². The highest BCUT2D eigenvalue weighted by atomic mass is 16.6. The number of amides is 1. The third-order valence-electron chi connectivity index (χ3n) is 1.55. The van der Waals surface area contributed by atoms with Crippen molar-refractivity contribution in [2.75, 3.05) is 13.2 Å². The van der Waals surface area contributed by atoms with E-state index >= 15 is 0 Å². The minimum Gasteiger partial charge on any atom is -0.444 e. The number of rotatable bonds is 1. The van der Waals surface area contributed by atoms with Crippen molar-refractivity contribution in [1.29, 1.82) is 0 Å². The minimum atomic E-state index is -0.445. The maximum absolute atomic E-state index is 11.2. The molecule has 1 aliphatic heterocycles. The molecule has 4 heteroatoms. The third-order valence-corrected chi connectivity index (χ3v) is 1.55. The fraction of sp³-hybridized carbons (Fsp3) is 0.875. The van der Waals surface area contributed by atoms with Gasteiger partial charge in [0.1, 0.15) is 5.60 Å². The van der Waals surface area contributed by atoms with Gasteiger partial charge >= 0.3 is 6.09 Å². The van der Waals surface area contributed by atoms with Crippen LogP contribution in [0.25, 0.3) is 0 Å². The average molecular weight is 173 g/mol. The van der Waals surface area contributed by atoms with Crippen molar-refractivity contribution in [3.05, 3.63) is 0 Å². The molecule has 1 N–H and O–H groups in total. The molecule has 1 aliphatic rings. The second-order valence-corrected chi connectivity index (χ2v) is 3.97. The molecule has 1 saturated heterocycles. The van der Waals surface area contributed by atoms with Gasteiger partial charge in [0.25, 0.3) is 0 Å². The summed E-state index contributed by atoms with van der Waals surface area (Å²) in [6, 6.07) is -0.0140. The zero-order valence-electron chi connectivity index (χ0n) is 7.70. The molecule has 0 spiro atoms. The molecule has 1 atom stereocenters. The fourth-order valence-corrected chi connectivity index (χ4v) is 0.880. The molecule has 0 radical (unpaired) electrons. The van der Waals surface area contributed by atoms with Gasteiger partial charge in [-0.3, -0.25) is 4.90 Å². The van der Waals surface area contributed by atoms with Gasteiger partial charge < -0.3 is 9.84 Å². The summed E-state index contributed by atoms with van der Waals surface area (Å²) in [4.78, 5) is 12.7. The van der Waals surface area contributed by atoms with Gasteiger partial charge in [-0.2, -0.15) is 0 Å². The normalized spacial score (nSPS) is 22.3. The van der Waals surface area contributed by atoms with E-state index in [0.717, 1.165) is 0 Å². The molecule has 0 aromatic rings. The molecule has 1 unspecified atom stereocenters. The van der Waals surface area contributed by atoms with Gasteiger partial charge in [0.2, 0.25) is 0 Å². The fourth-order valence-electron chi connectivity index (χ4n) is 0.880. The Labute approximate surface area is 72.1 Å². The Morgan fingerprint density at radius 2 is 2.25 bits per heavy atom. The van der Waals surface area contributed by atoms with E-state index in [-0.39, 0.29) is 18.7 Å². The van der Waals surface area contributed by atoms with Gasteiger partial charge in [-0.15, -0.1) is 0 Å².